The molecule has 0 saturated carbocycles. The smallest absolute Gasteiger partial charge is 0.125 e. The molecule has 0 atom stereocenters. The molecule has 1 heterocycles. The number of methoxy groups -OCH3 is 1. The number of aliphatic hydroxyl groups is 2. The average molecular weight is 340 g/mol. The van der Waals surface area contributed by atoms with Gasteiger partial charge in [-0.2, -0.15) is 0 Å². The van der Waals surface area contributed by atoms with Crippen molar-refractivity contribution in [2.45, 2.75) is 20.1 Å². The summed E-state index contributed by atoms with van der Waals surface area (Å²) in [6, 6.07) is 14.3. The van der Waals surface area contributed by atoms with Gasteiger partial charge < -0.3 is 14.9 Å². The fourth-order valence-corrected chi connectivity index (χ4v) is 3.87. The molecule has 2 aromatic carbocycles. The highest BCUT2D eigenvalue weighted by Gasteiger charge is 2.11. The van der Waals surface area contributed by atoms with Crippen LogP contribution in [0.1, 0.15) is 28.5 Å². The highest BCUT2D eigenvalue weighted by atomic mass is 32.1. The molecule has 0 aliphatic heterocycles. The van der Waals surface area contributed by atoms with E-state index in [9.17, 15) is 10.2 Å². The number of benzene rings is 2. The van der Waals surface area contributed by atoms with Crippen LogP contribution in [0.4, 0.5) is 0 Å². The molecule has 24 heavy (non-hydrogen) atoms. The van der Waals surface area contributed by atoms with Crippen LogP contribution in [0.2, 0.25) is 0 Å². The Bertz CT molecular complexity index is 835. The highest BCUT2D eigenvalue weighted by Crippen LogP contribution is 2.32. The first-order valence-electron chi connectivity index (χ1n) is 7.75. The number of thiophene rings is 1. The van der Waals surface area contributed by atoms with Gasteiger partial charge in [0.1, 0.15) is 5.75 Å². The number of hydrogen-bond donors (Lipinski definition) is 2. The van der Waals surface area contributed by atoms with Gasteiger partial charge in [-0.05, 0) is 59.4 Å². The number of allylic oxidation sites excluding steroid dienone is 1. The fourth-order valence-electron chi connectivity index (χ4n) is 2.80. The predicted molar refractivity (Wildman–Crippen MR) is 100 cm³/mol. The van der Waals surface area contributed by atoms with E-state index < -0.39 is 0 Å². The average Bonchev–Trinajstić information content (AvgIpc) is 3.02. The highest BCUT2D eigenvalue weighted by molar-refractivity contribution is 7.19. The first kappa shape index (κ1) is 16.7. The van der Waals surface area contributed by atoms with Crippen molar-refractivity contribution in [3.63, 3.8) is 0 Å². The van der Waals surface area contributed by atoms with Crippen LogP contribution in [0.15, 0.2) is 42.5 Å². The van der Waals surface area contributed by atoms with Crippen LogP contribution in [0.3, 0.4) is 0 Å². The van der Waals surface area contributed by atoms with E-state index in [1.165, 1.54) is 15.0 Å². The molecule has 0 bridgehead atoms. The van der Waals surface area contributed by atoms with Crippen molar-refractivity contribution >= 4 is 33.1 Å². The van der Waals surface area contributed by atoms with Crippen LogP contribution in [0.25, 0.3) is 21.7 Å². The third kappa shape index (κ3) is 3.22. The number of rotatable bonds is 5. The molecule has 4 heteroatoms. The number of aliphatic hydroxyl groups excluding tert-OH is 2. The lowest BCUT2D eigenvalue weighted by atomic mass is 9.99. The zero-order valence-electron chi connectivity index (χ0n) is 13.7. The second-order valence-corrected chi connectivity index (χ2v) is 6.76. The molecule has 0 amide bonds. The first-order valence-corrected chi connectivity index (χ1v) is 8.56. The largest absolute Gasteiger partial charge is 0.496 e. The molecule has 3 rings (SSSR count). The van der Waals surface area contributed by atoms with Crippen molar-refractivity contribution in [2.24, 2.45) is 0 Å². The van der Waals surface area contributed by atoms with E-state index in [-0.39, 0.29) is 13.2 Å². The minimum absolute atomic E-state index is 0.129. The van der Waals surface area contributed by atoms with Crippen molar-refractivity contribution in [3.8, 4) is 5.75 Å². The lowest BCUT2D eigenvalue weighted by Gasteiger charge is -2.14. The molecule has 3 aromatic rings. The van der Waals surface area contributed by atoms with Gasteiger partial charge in [-0.25, -0.2) is 0 Å². The third-order valence-electron chi connectivity index (χ3n) is 4.11. The molecule has 0 aliphatic carbocycles. The van der Waals surface area contributed by atoms with Crippen LogP contribution < -0.4 is 4.74 Å². The number of fused-ring (bicyclic) bond motifs is 1. The summed E-state index contributed by atoms with van der Waals surface area (Å²) in [6.45, 7) is 1.76. The normalized spacial score (nSPS) is 11.9. The van der Waals surface area contributed by atoms with Crippen LogP contribution in [0, 0.1) is 0 Å². The summed E-state index contributed by atoms with van der Waals surface area (Å²) >= 11 is 1.75. The molecule has 0 spiro atoms. The Morgan fingerprint density at radius 1 is 1.12 bits per heavy atom. The van der Waals surface area contributed by atoms with E-state index in [1.54, 1.807) is 18.4 Å². The topological polar surface area (TPSA) is 49.7 Å². The third-order valence-corrected chi connectivity index (χ3v) is 5.17. The molecule has 0 saturated heterocycles. The zero-order valence-corrected chi connectivity index (χ0v) is 14.6. The van der Waals surface area contributed by atoms with Gasteiger partial charge in [-0.3, -0.25) is 0 Å². The standard InChI is InChI=1S/C20H20O3S/c1-13(7-17-9-14-5-3-4-6-20(14)24-17)15-8-16(11-21)18(12-22)19(10-15)23-2/h3-10,21-22H,11-12H2,1-2H3/b13-7-. The monoisotopic (exact) mass is 340 g/mol. The molecule has 2 N–H and O–H groups in total. The Morgan fingerprint density at radius 3 is 2.58 bits per heavy atom. The number of ether oxygens (including phenoxy) is 1. The molecule has 1 aromatic heterocycles. The maximum absolute atomic E-state index is 9.58. The van der Waals surface area contributed by atoms with Gasteiger partial charge in [0.2, 0.25) is 0 Å². The van der Waals surface area contributed by atoms with Gasteiger partial charge in [0, 0.05) is 15.1 Å². The minimum Gasteiger partial charge on any atom is -0.496 e. The Balaban J connectivity index is 2.03. The van der Waals surface area contributed by atoms with Gasteiger partial charge in [-0.15, -0.1) is 11.3 Å². The lowest BCUT2D eigenvalue weighted by Crippen LogP contribution is -2.00. The second kappa shape index (κ2) is 7.18. The molecule has 3 nitrogen and oxygen atoms in total. The number of hydrogen-bond acceptors (Lipinski definition) is 4. The summed E-state index contributed by atoms with van der Waals surface area (Å²) in [5.41, 5.74) is 3.39. The summed E-state index contributed by atoms with van der Waals surface area (Å²) in [4.78, 5) is 1.18. The van der Waals surface area contributed by atoms with E-state index >= 15 is 0 Å². The summed E-state index contributed by atoms with van der Waals surface area (Å²) < 4.78 is 6.64. The Kier molecular flexibility index (Phi) is 5.00. The molecule has 124 valence electrons. The molecule has 0 aliphatic rings. The summed E-state index contributed by atoms with van der Waals surface area (Å²) in [6.07, 6.45) is 2.14. The van der Waals surface area contributed by atoms with Crippen LogP contribution in [0.5, 0.6) is 5.75 Å². The molecular formula is C20H20O3S. The first-order chi connectivity index (χ1) is 11.7. The second-order valence-electron chi connectivity index (χ2n) is 5.65. The van der Waals surface area contributed by atoms with Crippen LogP contribution >= 0.6 is 11.3 Å². The van der Waals surface area contributed by atoms with E-state index in [4.69, 9.17) is 4.74 Å². The van der Waals surface area contributed by atoms with Gasteiger partial charge in [0.25, 0.3) is 0 Å². The van der Waals surface area contributed by atoms with Crippen molar-refractivity contribution in [3.05, 3.63) is 64.0 Å². The summed E-state index contributed by atoms with van der Waals surface area (Å²) in [5, 5.41) is 20.3. The quantitative estimate of drug-likeness (QED) is 0.721. The van der Waals surface area contributed by atoms with Crippen molar-refractivity contribution in [1.82, 2.24) is 0 Å². The van der Waals surface area contributed by atoms with E-state index in [0.29, 0.717) is 16.9 Å². The van der Waals surface area contributed by atoms with E-state index in [1.807, 2.05) is 31.2 Å². The van der Waals surface area contributed by atoms with Crippen LogP contribution in [-0.2, 0) is 13.2 Å². The Hall–Kier alpha value is -2.14. The Labute approximate surface area is 145 Å². The van der Waals surface area contributed by atoms with Crippen LogP contribution in [-0.4, -0.2) is 17.3 Å². The van der Waals surface area contributed by atoms with E-state index in [0.717, 1.165) is 11.1 Å². The SMILES string of the molecule is COc1cc(/C(C)=C\c2cc3ccccc3s2)cc(CO)c1CO. The Morgan fingerprint density at radius 2 is 1.92 bits per heavy atom. The van der Waals surface area contributed by atoms with Crippen molar-refractivity contribution < 1.29 is 14.9 Å². The van der Waals surface area contributed by atoms with Crippen molar-refractivity contribution in [2.75, 3.05) is 7.11 Å². The molecular weight excluding hydrogens is 320 g/mol. The van der Waals surface area contributed by atoms with Gasteiger partial charge in [-0.1, -0.05) is 18.2 Å². The molecule has 0 unspecified atom stereocenters. The van der Waals surface area contributed by atoms with Gasteiger partial charge in [0.05, 0.1) is 20.3 Å². The summed E-state index contributed by atoms with van der Waals surface area (Å²) in [5.74, 6) is 0.600. The summed E-state index contributed by atoms with van der Waals surface area (Å²) in [7, 11) is 1.57. The minimum atomic E-state index is -0.154. The van der Waals surface area contributed by atoms with E-state index in [2.05, 4.69) is 24.3 Å². The maximum Gasteiger partial charge on any atom is 0.125 e. The molecule has 0 fully saturated rings. The molecule has 0 radical (unpaired) electrons. The zero-order chi connectivity index (χ0) is 17.1. The lowest BCUT2D eigenvalue weighted by molar-refractivity contribution is 0.254. The maximum atomic E-state index is 9.58. The fraction of sp³-hybridized carbons (Fsp3) is 0.200. The van der Waals surface area contributed by atoms with Gasteiger partial charge >= 0.3 is 0 Å². The predicted octanol–water partition coefficient (Wildman–Crippen LogP) is 4.46. The van der Waals surface area contributed by atoms with Gasteiger partial charge in [0.15, 0.2) is 0 Å². The van der Waals surface area contributed by atoms with Crippen molar-refractivity contribution in [1.29, 1.82) is 0 Å².